The van der Waals surface area contributed by atoms with Gasteiger partial charge in [-0.2, -0.15) is 13.2 Å². The number of carbonyl (C=O) groups excluding carboxylic acids is 1. The molecular formula is C20H23F3O3. The van der Waals surface area contributed by atoms with Crippen molar-refractivity contribution in [1.82, 2.24) is 0 Å². The number of ether oxygens (including phenoxy) is 2. The van der Waals surface area contributed by atoms with Gasteiger partial charge < -0.3 is 9.47 Å². The quantitative estimate of drug-likeness (QED) is 0.353. The van der Waals surface area contributed by atoms with Crippen molar-refractivity contribution in [1.29, 1.82) is 0 Å². The molecule has 0 bridgehead atoms. The fourth-order valence-corrected chi connectivity index (χ4v) is 2.15. The van der Waals surface area contributed by atoms with Crippen LogP contribution >= 0.6 is 0 Å². The second kappa shape index (κ2) is 9.27. The lowest BCUT2D eigenvalue weighted by Gasteiger charge is -2.09. The SMILES string of the molecule is CCC(C=CC(=O)c1ccc(OC)c(OC)c1)=CC(C)=C(C)C(F)(F)F. The first-order chi connectivity index (χ1) is 12.1. The van der Waals surface area contributed by atoms with E-state index in [9.17, 15) is 18.0 Å². The Labute approximate surface area is 151 Å². The van der Waals surface area contributed by atoms with Gasteiger partial charge in [-0.3, -0.25) is 4.79 Å². The zero-order valence-electron chi connectivity index (χ0n) is 15.5. The molecule has 6 heteroatoms. The summed E-state index contributed by atoms with van der Waals surface area (Å²) in [5, 5.41) is 0. The number of hydrogen-bond donors (Lipinski definition) is 0. The second-order valence-corrected chi connectivity index (χ2v) is 5.65. The van der Waals surface area contributed by atoms with Gasteiger partial charge in [-0.15, -0.1) is 0 Å². The summed E-state index contributed by atoms with van der Waals surface area (Å²) in [5.74, 6) is 0.655. The number of ketones is 1. The number of rotatable bonds is 7. The third-order valence-electron chi connectivity index (χ3n) is 3.94. The summed E-state index contributed by atoms with van der Waals surface area (Å²) >= 11 is 0. The molecule has 0 aliphatic heterocycles. The Hall–Kier alpha value is -2.50. The van der Waals surface area contributed by atoms with E-state index in [1.165, 1.54) is 39.4 Å². The molecule has 26 heavy (non-hydrogen) atoms. The molecule has 1 aromatic rings. The van der Waals surface area contributed by atoms with Gasteiger partial charge in [0, 0.05) is 11.1 Å². The van der Waals surface area contributed by atoms with Crippen LogP contribution in [0.5, 0.6) is 11.5 Å². The molecular weight excluding hydrogens is 345 g/mol. The van der Waals surface area contributed by atoms with E-state index < -0.39 is 11.7 Å². The van der Waals surface area contributed by atoms with E-state index in [0.29, 0.717) is 29.1 Å². The Balaban J connectivity index is 3.07. The van der Waals surface area contributed by atoms with Crippen LogP contribution in [-0.2, 0) is 0 Å². The van der Waals surface area contributed by atoms with Crippen LogP contribution < -0.4 is 9.47 Å². The van der Waals surface area contributed by atoms with Crippen LogP contribution in [0.1, 0.15) is 37.6 Å². The van der Waals surface area contributed by atoms with Crippen molar-refractivity contribution in [3.8, 4) is 11.5 Å². The Morgan fingerprint density at radius 3 is 2.19 bits per heavy atom. The van der Waals surface area contributed by atoms with Crippen molar-refractivity contribution in [2.45, 2.75) is 33.4 Å². The molecule has 0 aliphatic rings. The lowest BCUT2D eigenvalue weighted by atomic mass is 10.0. The van der Waals surface area contributed by atoms with Gasteiger partial charge in [0.05, 0.1) is 14.2 Å². The summed E-state index contributed by atoms with van der Waals surface area (Å²) < 4.78 is 48.5. The molecule has 0 atom stereocenters. The first-order valence-electron chi connectivity index (χ1n) is 8.03. The third-order valence-corrected chi connectivity index (χ3v) is 3.94. The monoisotopic (exact) mass is 368 g/mol. The smallest absolute Gasteiger partial charge is 0.412 e. The fourth-order valence-electron chi connectivity index (χ4n) is 2.15. The standard InChI is InChI=1S/C20H23F3O3/c1-6-15(11-13(2)14(3)20(21,22)23)7-9-17(24)16-8-10-18(25-4)19(12-16)26-5/h7-12H,6H2,1-5H3. The summed E-state index contributed by atoms with van der Waals surface area (Å²) in [6.45, 7) is 4.26. The zero-order chi connectivity index (χ0) is 19.9. The maximum absolute atomic E-state index is 12.7. The minimum atomic E-state index is -4.36. The summed E-state index contributed by atoms with van der Waals surface area (Å²) in [6.07, 6.45) is 0.455. The van der Waals surface area contributed by atoms with Crippen molar-refractivity contribution in [3.05, 3.63) is 58.7 Å². The number of benzene rings is 1. The Morgan fingerprint density at radius 1 is 1.08 bits per heavy atom. The molecule has 0 heterocycles. The lowest BCUT2D eigenvalue weighted by Crippen LogP contribution is -2.10. The number of hydrogen-bond acceptors (Lipinski definition) is 3. The van der Waals surface area contributed by atoms with Gasteiger partial charge >= 0.3 is 6.18 Å². The van der Waals surface area contributed by atoms with Crippen LogP contribution in [0.15, 0.2) is 53.1 Å². The van der Waals surface area contributed by atoms with Crippen molar-refractivity contribution in [2.24, 2.45) is 0 Å². The van der Waals surface area contributed by atoms with Crippen LogP contribution in [0.3, 0.4) is 0 Å². The Kier molecular flexibility index (Phi) is 7.68. The molecule has 0 aliphatic carbocycles. The largest absolute Gasteiger partial charge is 0.493 e. The Bertz CT molecular complexity index is 741. The molecule has 0 spiro atoms. The molecule has 0 unspecified atom stereocenters. The molecule has 1 rings (SSSR count). The van der Waals surface area contributed by atoms with Gasteiger partial charge in [0.2, 0.25) is 0 Å². The van der Waals surface area contributed by atoms with Crippen LogP contribution in [0.2, 0.25) is 0 Å². The molecule has 1 aromatic carbocycles. The number of allylic oxidation sites excluding steroid dienone is 6. The van der Waals surface area contributed by atoms with Crippen molar-refractivity contribution >= 4 is 5.78 Å². The fraction of sp³-hybridized carbons (Fsp3) is 0.350. The molecule has 0 aromatic heterocycles. The number of alkyl halides is 3. The molecule has 0 fully saturated rings. The maximum Gasteiger partial charge on any atom is 0.412 e. The molecule has 0 N–H and O–H groups in total. The minimum Gasteiger partial charge on any atom is -0.493 e. The highest BCUT2D eigenvalue weighted by atomic mass is 19.4. The normalized spacial score (nSPS) is 13.6. The highest BCUT2D eigenvalue weighted by Gasteiger charge is 2.31. The van der Waals surface area contributed by atoms with Crippen LogP contribution in [0.25, 0.3) is 0 Å². The summed E-state index contributed by atoms with van der Waals surface area (Å²) in [7, 11) is 2.97. The van der Waals surface area contributed by atoms with Crippen LogP contribution in [0.4, 0.5) is 13.2 Å². The number of carbonyl (C=O) groups is 1. The van der Waals surface area contributed by atoms with E-state index in [4.69, 9.17) is 9.47 Å². The first-order valence-corrected chi connectivity index (χ1v) is 8.03. The van der Waals surface area contributed by atoms with E-state index in [0.717, 1.165) is 6.92 Å². The Morgan fingerprint density at radius 2 is 1.69 bits per heavy atom. The van der Waals surface area contributed by atoms with E-state index in [-0.39, 0.29) is 11.4 Å². The first kappa shape index (κ1) is 21.5. The highest BCUT2D eigenvalue weighted by molar-refractivity contribution is 6.05. The predicted octanol–water partition coefficient (Wildman–Crippen LogP) is 5.68. The summed E-state index contributed by atoms with van der Waals surface area (Å²) in [5.41, 5.74) is 0.494. The molecule has 3 nitrogen and oxygen atoms in total. The van der Waals surface area contributed by atoms with Crippen molar-refractivity contribution in [3.63, 3.8) is 0 Å². The number of methoxy groups -OCH3 is 2. The van der Waals surface area contributed by atoms with Gasteiger partial charge in [-0.25, -0.2) is 0 Å². The molecule has 142 valence electrons. The summed E-state index contributed by atoms with van der Waals surface area (Å²) in [6, 6.07) is 4.78. The highest BCUT2D eigenvalue weighted by Crippen LogP contribution is 2.29. The van der Waals surface area contributed by atoms with Gasteiger partial charge in [0.15, 0.2) is 17.3 Å². The van der Waals surface area contributed by atoms with Crippen LogP contribution in [-0.4, -0.2) is 26.2 Å². The molecule has 0 amide bonds. The van der Waals surface area contributed by atoms with Gasteiger partial charge in [-0.1, -0.05) is 19.1 Å². The van der Waals surface area contributed by atoms with Gasteiger partial charge in [0.1, 0.15) is 0 Å². The molecule has 0 saturated heterocycles. The lowest BCUT2D eigenvalue weighted by molar-refractivity contribution is -0.0919. The zero-order valence-corrected chi connectivity index (χ0v) is 15.5. The van der Waals surface area contributed by atoms with E-state index in [1.807, 2.05) is 6.92 Å². The van der Waals surface area contributed by atoms with E-state index in [2.05, 4.69) is 0 Å². The van der Waals surface area contributed by atoms with Gasteiger partial charge in [-0.05, 0) is 55.7 Å². The van der Waals surface area contributed by atoms with E-state index >= 15 is 0 Å². The van der Waals surface area contributed by atoms with Crippen molar-refractivity contribution < 1.29 is 27.4 Å². The second-order valence-electron chi connectivity index (χ2n) is 5.65. The van der Waals surface area contributed by atoms with E-state index in [1.54, 1.807) is 18.2 Å². The number of halogens is 3. The summed E-state index contributed by atoms with van der Waals surface area (Å²) in [4.78, 5) is 12.3. The maximum atomic E-state index is 12.7. The van der Waals surface area contributed by atoms with Gasteiger partial charge in [0.25, 0.3) is 0 Å². The average molecular weight is 368 g/mol. The topological polar surface area (TPSA) is 35.5 Å². The average Bonchev–Trinajstić information content (AvgIpc) is 2.62. The molecule has 0 saturated carbocycles. The molecule has 0 radical (unpaired) electrons. The minimum absolute atomic E-state index is 0.123. The van der Waals surface area contributed by atoms with Crippen LogP contribution in [0, 0.1) is 0 Å². The third kappa shape index (κ3) is 5.79. The predicted molar refractivity (Wildman–Crippen MR) is 95.8 cm³/mol. The van der Waals surface area contributed by atoms with Crippen molar-refractivity contribution in [2.75, 3.05) is 14.2 Å².